The van der Waals surface area contributed by atoms with E-state index < -0.39 is 47.5 Å². The van der Waals surface area contributed by atoms with Crippen LogP contribution in [0.5, 0.6) is 0 Å². The van der Waals surface area contributed by atoms with Gasteiger partial charge in [-0.25, -0.2) is 18.8 Å². The lowest BCUT2D eigenvalue weighted by Crippen LogP contribution is -2.58. The van der Waals surface area contributed by atoms with Gasteiger partial charge < -0.3 is 29.7 Å². The van der Waals surface area contributed by atoms with E-state index in [0.717, 1.165) is 6.92 Å². The molecule has 0 bridgehead atoms. The van der Waals surface area contributed by atoms with Gasteiger partial charge in [-0.2, -0.15) is 0 Å². The Morgan fingerprint density at radius 2 is 1.77 bits per heavy atom. The van der Waals surface area contributed by atoms with Crippen LogP contribution in [0.1, 0.15) is 46.1 Å². The molecule has 0 spiro atoms. The molecular weight excluding hydrogens is 559 g/mol. The van der Waals surface area contributed by atoms with Gasteiger partial charge in [0.05, 0.1) is 6.57 Å². The number of esters is 2. The molecule has 1 aliphatic heterocycles. The molecule has 12 heteroatoms. The molecule has 43 heavy (non-hydrogen) atoms. The molecule has 3 rings (SSSR count). The zero-order valence-corrected chi connectivity index (χ0v) is 24.7. The predicted octanol–water partition coefficient (Wildman–Crippen LogP) is 4.28. The van der Waals surface area contributed by atoms with Crippen LogP contribution in [0, 0.1) is 18.3 Å². The molecule has 2 aromatic rings. The first-order valence-corrected chi connectivity index (χ1v) is 13.9. The zero-order valence-electron chi connectivity index (χ0n) is 24.7. The second-order valence-electron chi connectivity index (χ2n) is 11.2. The predicted molar refractivity (Wildman–Crippen MR) is 156 cm³/mol. The number of ether oxygens (including phenoxy) is 3. The second kappa shape index (κ2) is 15.0. The molecule has 1 fully saturated rings. The number of halogens is 1. The lowest BCUT2D eigenvalue weighted by molar-refractivity contribution is -0.177. The maximum atomic E-state index is 13.6. The highest BCUT2D eigenvalue weighted by Gasteiger charge is 2.41. The molecule has 0 aliphatic carbocycles. The minimum atomic E-state index is -1.77. The number of piperidine rings is 1. The molecule has 11 nitrogen and oxygen atoms in total. The number of anilines is 1. The standard InChI is InChI=1S/C31H37FN4O7/c1-20(37)42-27(29(39)43-31(2,3)4)26(35-30(40)41-19-22-9-7-6-8-10-22)28(38)34-18-21-13-15-36(16-14-21)25-12-11-23(32)17-24(25)33-5/h6-12,17,21,26-27H,13-16,18-19H2,1-4H3,(H,34,38)(H,35,40)/t26-,27-/m1/s1. The number of hydrogen-bond donors (Lipinski definition) is 2. The van der Waals surface area contributed by atoms with Gasteiger partial charge in [-0.15, -0.1) is 0 Å². The highest BCUT2D eigenvalue weighted by atomic mass is 19.1. The van der Waals surface area contributed by atoms with Crippen LogP contribution >= 0.6 is 0 Å². The number of hydrogen-bond acceptors (Lipinski definition) is 8. The van der Waals surface area contributed by atoms with Crippen molar-refractivity contribution in [3.05, 3.63) is 71.3 Å². The third-order valence-corrected chi connectivity index (χ3v) is 6.58. The van der Waals surface area contributed by atoms with Crippen molar-refractivity contribution in [2.75, 3.05) is 24.5 Å². The van der Waals surface area contributed by atoms with Gasteiger partial charge in [-0.05, 0) is 63.3 Å². The normalized spacial score (nSPS) is 14.9. The van der Waals surface area contributed by atoms with Crippen LogP contribution in [0.15, 0.2) is 48.5 Å². The van der Waals surface area contributed by atoms with Gasteiger partial charge in [0.2, 0.25) is 17.7 Å². The van der Waals surface area contributed by atoms with Gasteiger partial charge in [-0.3, -0.25) is 9.59 Å². The van der Waals surface area contributed by atoms with Crippen molar-refractivity contribution in [3.8, 4) is 0 Å². The molecule has 2 amide bonds. The molecular formula is C31H37FN4O7. The highest BCUT2D eigenvalue weighted by Crippen LogP contribution is 2.32. The maximum absolute atomic E-state index is 13.6. The molecule has 0 radical (unpaired) electrons. The van der Waals surface area contributed by atoms with Crippen molar-refractivity contribution in [2.24, 2.45) is 5.92 Å². The van der Waals surface area contributed by atoms with E-state index in [4.69, 9.17) is 20.8 Å². The molecule has 0 saturated carbocycles. The Labute approximate surface area is 250 Å². The molecule has 2 N–H and O–H groups in total. The summed E-state index contributed by atoms with van der Waals surface area (Å²) in [6.07, 6.45) is -1.45. The summed E-state index contributed by atoms with van der Waals surface area (Å²) >= 11 is 0. The summed E-state index contributed by atoms with van der Waals surface area (Å²) in [5.41, 5.74) is 0.630. The first-order chi connectivity index (χ1) is 20.4. The van der Waals surface area contributed by atoms with Crippen molar-refractivity contribution >= 4 is 35.3 Å². The van der Waals surface area contributed by atoms with Gasteiger partial charge in [0.1, 0.15) is 18.0 Å². The monoisotopic (exact) mass is 596 g/mol. The Morgan fingerprint density at radius 3 is 2.37 bits per heavy atom. The van der Waals surface area contributed by atoms with Crippen molar-refractivity contribution in [1.29, 1.82) is 0 Å². The lowest BCUT2D eigenvalue weighted by Gasteiger charge is -2.35. The Bertz CT molecular complexity index is 1330. The first-order valence-electron chi connectivity index (χ1n) is 13.9. The summed E-state index contributed by atoms with van der Waals surface area (Å²) < 4.78 is 29.4. The van der Waals surface area contributed by atoms with Crippen molar-refractivity contribution in [1.82, 2.24) is 10.6 Å². The van der Waals surface area contributed by atoms with Gasteiger partial charge >= 0.3 is 18.0 Å². The Balaban J connectivity index is 1.69. The number of amides is 2. The van der Waals surface area contributed by atoms with E-state index in [-0.39, 0.29) is 24.8 Å². The van der Waals surface area contributed by atoms with Crippen LogP contribution in [0.3, 0.4) is 0 Å². The molecule has 2 aromatic carbocycles. The van der Waals surface area contributed by atoms with Crippen LogP contribution in [0.2, 0.25) is 0 Å². The average molecular weight is 597 g/mol. The molecule has 1 aliphatic rings. The van der Waals surface area contributed by atoms with E-state index in [1.54, 1.807) is 51.1 Å². The minimum Gasteiger partial charge on any atom is -0.457 e. The van der Waals surface area contributed by atoms with E-state index >= 15 is 0 Å². The van der Waals surface area contributed by atoms with Crippen LogP contribution in [0.25, 0.3) is 4.85 Å². The number of nitrogens with zero attached hydrogens (tertiary/aromatic N) is 2. The summed E-state index contributed by atoms with van der Waals surface area (Å²) in [5, 5.41) is 5.14. The molecule has 1 saturated heterocycles. The fraction of sp³-hybridized carbons (Fsp3) is 0.452. The third kappa shape index (κ3) is 10.3. The smallest absolute Gasteiger partial charge is 0.408 e. The van der Waals surface area contributed by atoms with E-state index in [1.807, 2.05) is 11.0 Å². The lowest BCUT2D eigenvalue weighted by atomic mass is 9.96. The Hall–Kier alpha value is -4.66. The van der Waals surface area contributed by atoms with Gasteiger partial charge in [0, 0.05) is 32.2 Å². The third-order valence-electron chi connectivity index (χ3n) is 6.58. The van der Waals surface area contributed by atoms with Crippen molar-refractivity contribution in [2.45, 2.75) is 64.9 Å². The number of alkyl carbamates (subject to hydrolysis) is 1. The zero-order chi connectivity index (χ0) is 31.6. The quantitative estimate of drug-likeness (QED) is 0.237. The van der Waals surface area contributed by atoms with E-state index in [1.165, 1.54) is 12.1 Å². The van der Waals surface area contributed by atoms with Gasteiger partial charge in [-0.1, -0.05) is 30.3 Å². The van der Waals surface area contributed by atoms with Crippen molar-refractivity contribution < 1.29 is 37.8 Å². The van der Waals surface area contributed by atoms with Gasteiger partial charge in [0.25, 0.3) is 0 Å². The summed E-state index contributed by atoms with van der Waals surface area (Å²) in [6, 6.07) is 11.3. The van der Waals surface area contributed by atoms with E-state index in [0.29, 0.717) is 37.2 Å². The summed E-state index contributed by atoms with van der Waals surface area (Å²) in [5.74, 6) is -3.05. The average Bonchev–Trinajstić information content (AvgIpc) is 2.96. The Morgan fingerprint density at radius 1 is 1.09 bits per heavy atom. The maximum Gasteiger partial charge on any atom is 0.408 e. The molecule has 1 heterocycles. The van der Waals surface area contributed by atoms with E-state index in [2.05, 4.69) is 15.5 Å². The number of benzene rings is 2. The number of carbonyl (C=O) groups is 4. The molecule has 2 atom stereocenters. The van der Waals surface area contributed by atoms with Crippen molar-refractivity contribution in [3.63, 3.8) is 0 Å². The highest BCUT2D eigenvalue weighted by molar-refractivity contribution is 5.93. The SMILES string of the molecule is [C-]#[N+]c1cc(F)ccc1N1CCC(CNC(=O)[C@H](NC(=O)OCc2ccccc2)[C@@H](OC(C)=O)C(=O)OC(C)(C)C)CC1. The fourth-order valence-electron chi connectivity index (χ4n) is 4.55. The van der Waals surface area contributed by atoms with Crippen LogP contribution < -0.4 is 15.5 Å². The largest absolute Gasteiger partial charge is 0.457 e. The summed E-state index contributed by atoms with van der Waals surface area (Å²) in [6.45, 7) is 14.6. The second-order valence-corrected chi connectivity index (χ2v) is 11.2. The molecule has 230 valence electrons. The van der Waals surface area contributed by atoms with Crippen LogP contribution in [0.4, 0.5) is 20.6 Å². The number of rotatable bonds is 10. The summed E-state index contributed by atoms with van der Waals surface area (Å²) in [4.78, 5) is 56.5. The Kier molecular flexibility index (Phi) is 11.5. The first kappa shape index (κ1) is 32.8. The molecule has 0 aromatic heterocycles. The number of nitrogens with one attached hydrogen (secondary N) is 2. The van der Waals surface area contributed by atoms with Crippen LogP contribution in [-0.4, -0.2) is 61.3 Å². The fourth-order valence-corrected chi connectivity index (χ4v) is 4.55. The number of carbonyl (C=O) groups excluding carboxylic acids is 4. The molecule has 0 unspecified atom stereocenters. The topological polar surface area (TPSA) is 128 Å². The van der Waals surface area contributed by atoms with Gasteiger partial charge in [0.15, 0.2) is 6.04 Å². The van der Waals surface area contributed by atoms with Crippen LogP contribution in [-0.2, 0) is 35.2 Å². The minimum absolute atomic E-state index is 0.0384. The van der Waals surface area contributed by atoms with E-state index in [9.17, 15) is 23.6 Å². The summed E-state index contributed by atoms with van der Waals surface area (Å²) in [7, 11) is 0.